The van der Waals surface area contributed by atoms with Gasteiger partial charge in [0.1, 0.15) is 5.82 Å². The maximum atomic E-state index is 13.5. The van der Waals surface area contributed by atoms with E-state index in [-0.39, 0.29) is 5.75 Å². The van der Waals surface area contributed by atoms with Crippen LogP contribution in [0.5, 0.6) is 0 Å². The van der Waals surface area contributed by atoms with Crippen LogP contribution in [-0.4, -0.2) is 23.9 Å². The highest BCUT2D eigenvalue weighted by atomic mass is 32.2. The average Bonchev–Trinajstić information content (AvgIpc) is 2.26. The first-order valence-electron chi connectivity index (χ1n) is 4.72. The number of aliphatic hydroxyl groups is 1. The van der Waals surface area contributed by atoms with Gasteiger partial charge in [0, 0.05) is 4.90 Å². The van der Waals surface area contributed by atoms with E-state index in [0.29, 0.717) is 10.5 Å². The van der Waals surface area contributed by atoms with E-state index in [9.17, 15) is 14.3 Å². The topological polar surface area (TPSA) is 46.5 Å². The molecule has 3 nitrogen and oxygen atoms in total. The Hall–Kier alpha value is -1.07. The zero-order chi connectivity index (χ0) is 12.1. The van der Waals surface area contributed by atoms with Gasteiger partial charge in [-0.3, -0.25) is 4.79 Å². The maximum absolute atomic E-state index is 13.5. The minimum atomic E-state index is -0.768. The van der Waals surface area contributed by atoms with Crippen LogP contribution in [0.1, 0.15) is 18.6 Å². The highest BCUT2D eigenvalue weighted by molar-refractivity contribution is 8.00. The molecule has 1 aromatic rings. The van der Waals surface area contributed by atoms with Crippen LogP contribution in [0.25, 0.3) is 0 Å². The van der Waals surface area contributed by atoms with Crippen LogP contribution in [0.15, 0.2) is 23.1 Å². The third-order valence-electron chi connectivity index (χ3n) is 2.01. The summed E-state index contributed by atoms with van der Waals surface area (Å²) in [7, 11) is 1.28. The predicted molar refractivity (Wildman–Crippen MR) is 59.8 cm³/mol. The van der Waals surface area contributed by atoms with E-state index < -0.39 is 17.9 Å². The summed E-state index contributed by atoms with van der Waals surface area (Å²) in [6, 6.07) is 4.46. The zero-order valence-electron chi connectivity index (χ0n) is 9.07. The van der Waals surface area contributed by atoms with Gasteiger partial charge in [-0.15, -0.1) is 11.8 Å². The fourth-order valence-electron chi connectivity index (χ4n) is 1.20. The van der Waals surface area contributed by atoms with Crippen molar-refractivity contribution in [3.05, 3.63) is 29.6 Å². The molecular formula is C11H13FO3S. The lowest BCUT2D eigenvalue weighted by Gasteiger charge is -2.11. The molecule has 0 aromatic heterocycles. The minimum absolute atomic E-state index is 0.0250. The number of thioether (sulfide) groups is 1. The molecule has 0 amide bonds. The Kier molecular flexibility index (Phi) is 4.76. The number of carbonyl (C=O) groups is 1. The smallest absolute Gasteiger partial charge is 0.315 e. The molecule has 0 saturated carbocycles. The number of aliphatic hydroxyl groups excluding tert-OH is 1. The van der Waals surface area contributed by atoms with Crippen molar-refractivity contribution in [2.45, 2.75) is 17.9 Å². The number of esters is 1. The largest absolute Gasteiger partial charge is 0.468 e. The lowest BCUT2D eigenvalue weighted by Crippen LogP contribution is -2.05. The zero-order valence-corrected chi connectivity index (χ0v) is 9.88. The summed E-state index contributed by atoms with van der Waals surface area (Å²) in [4.78, 5) is 11.2. The van der Waals surface area contributed by atoms with E-state index in [1.165, 1.54) is 19.2 Å². The van der Waals surface area contributed by atoms with E-state index in [1.54, 1.807) is 13.0 Å². The van der Waals surface area contributed by atoms with Crippen LogP contribution < -0.4 is 0 Å². The van der Waals surface area contributed by atoms with E-state index in [4.69, 9.17) is 0 Å². The van der Waals surface area contributed by atoms with Crippen molar-refractivity contribution in [2.75, 3.05) is 12.9 Å². The average molecular weight is 244 g/mol. The Morgan fingerprint density at radius 3 is 2.88 bits per heavy atom. The van der Waals surface area contributed by atoms with E-state index in [1.807, 2.05) is 0 Å². The Morgan fingerprint density at radius 2 is 2.31 bits per heavy atom. The quantitative estimate of drug-likeness (QED) is 0.651. The number of carbonyl (C=O) groups excluding carboxylic acids is 1. The molecule has 1 rings (SSSR count). The van der Waals surface area contributed by atoms with Gasteiger partial charge in [-0.05, 0) is 18.6 Å². The number of methoxy groups -OCH3 is 1. The van der Waals surface area contributed by atoms with Crippen molar-refractivity contribution in [2.24, 2.45) is 0 Å². The highest BCUT2D eigenvalue weighted by Crippen LogP contribution is 2.30. The predicted octanol–water partition coefficient (Wildman–Crippen LogP) is 2.14. The van der Waals surface area contributed by atoms with Crippen LogP contribution in [0, 0.1) is 5.82 Å². The van der Waals surface area contributed by atoms with Gasteiger partial charge in [0.15, 0.2) is 0 Å². The minimum Gasteiger partial charge on any atom is -0.468 e. The fourth-order valence-corrected chi connectivity index (χ4v) is 2.19. The van der Waals surface area contributed by atoms with Crippen molar-refractivity contribution in [3.8, 4) is 0 Å². The molecule has 5 heteroatoms. The maximum Gasteiger partial charge on any atom is 0.315 e. The molecule has 1 atom stereocenters. The van der Waals surface area contributed by atoms with Crippen LogP contribution in [0.2, 0.25) is 0 Å². The second-order valence-corrected chi connectivity index (χ2v) is 4.18. The normalized spacial score (nSPS) is 12.2. The third-order valence-corrected chi connectivity index (χ3v) is 3.11. The lowest BCUT2D eigenvalue weighted by atomic mass is 10.1. The second kappa shape index (κ2) is 5.86. The second-order valence-electron chi connectivity index (χ2n) is 3.20. The highest BCUT2D eigenvalue weighted by Gasteiger charge is 2.14. The van der Waals surface area contributed by atoms with Gasteiger partial charge >= 0.3 is 5.97 Å². The number of hydrogen-bond acceptors (Lipinski definition) is 4. The molecule has 0 radical (unpaired) electrons. The van der Waals surface area contributed by atoms with Gasteiger partial charge in [0.2, 0.25) is 0 Å². The third kappa shape index (κ3) is 3.21. The van der Waals surface area contributed by atoms with E-state index in [2.05, 4.69) is 4.74 Å². The van der Waals surface area contributed by atoms with Crippen LogP contribution >= 0.6 is 11.8 Å². The number of halogens is 1. The van der Waals surface area contributed by atoms with Crippen LogP contribution in [-0.2, 0) is 9.53 Å². The van der Waals surface area contributed by atoms with Crippen molar-refractivity contribution in [1.29, 1.82) is 0 Å². The summed E-state index contributed by atoms with van der Waals surface area (Å²) in [5.41, 5.74) is 0.480. The van der Waals surface area contributed by atoms with E-state index in [0.717, 1.165) is 11.8 Å². The molecule has 1 N–H and O–H groups in total. The van der Waals surface area contributed by atoms with E-state index >= 15 is 0 Å². The number of ether oxygens (including phenoxy) is 1. The number of benzene rings is 1. The van der Waals surface area contributed by atoms with Gasteiger partial charge in [0.05, 0.1) is 19.0 Å². The molecule has 1 aromatic carbocycles. The molecule has 0 spiro atoms. The number of hydrogen-bond donors (Lipinski definition) is 1. The van der Waals surface area contributed by atoms with Gasteiger partial charge in [-0.2, -0.15) is 0 Å². The molecular weight excluding hydrogens is 231 g/mol. The summed E-state index contributed by atoms with van der Waals surface area (Å²) in [5.74, 6) is -0.839. The first-order chi connectivity index (χ1) is 7.56. The van der Waals surface area contributed by atoms with Gasteiger partial charge in [-0.1, -0.05) is 12.1 Å². The molecule has 0 unspecified atom stereocenters. The van der Waals surface area contributed by atoms with Crippen molar-refractivity contribution < 1.29 is 19.0 Å². The Morgan fingerprint density at radius 1 is 1.62 bits per heavy atom. The summed E-state index contributed by atoms with van der Waals surface area (Å²) in [5, 5.41) is 9.46. The molecule has 0 saturated heterocycles. The molecule has 0 heterocycles. The molecule has 88 valence electrons. The van der Waals surface area contributed by atoms with Gasteiger partial charge < -0.3 is 9.84 Å². The molecule has 0 aliphatic rings. The summed E-state index contributed by atoms with van der Waals surface area (Å²) in [6.07, 6.45) is -0.768. The Labute approximate surface area is 97.6 Å². The SMILES string of the molecule is COC(=O)CSc1c(F)cccc1[C@H](C)O. The Bertz CT molecular complexity index is 379. The standard InChI is InChI=1S/C11H13FO3S/c1-7(13)8-4-3-5-9(12)11(8)16-6-10(14)15-2/h3-5,7,13H,6H2,1-2H3/t7-/m0/s1. The molecule has 0 bridgehead atoms. The van der Waals surface area contributed by atoms with Crippen LogP contribution in [0.3, 0.4) is 0 Å². The first kappa shape index (κ1) is 13.0. The lowest BCUT2D eigenvalue weighted by molar-refractivity contribution is -0.137. The summed E-state index contributed by atoms with van der Waals surface area (Å²) < 4.78 is 17.9. The van der Waals surface area contributed by atoms with Crippen molar-refractivity contribution >= 4 is 17.7 Å². The molecule has 0 aliphatic carbocycles. The van der Waals surface area contributed by atoms with Gasteiger partial charge in [0.25, 0.3) is 0 Å². The molecule has 0 aliphatic heterocycles. The molecule has 0 fully saturated rings. The summed E-state index contributed by atoms with van der Waals surface area (Å²) >= 11 is 1.03. The van der Waals surface area contributed by atoms with Crippen molar-refractivity contribution in [1.82, 2.24) is 0 Å². The molecule has 16 heavy (non-hydrogen) atoms. The van der Waals surface area contributed by atoms with Gasteiger partial charge in [-0.25, -0.2) is 4.39 Å². The fraction of sp³-hybridized carbons (Fsp3) is 0.364. The number of rotatable bonds is 4. The Balaban J connectivity index is 2.88. The summed E-state index contributed by atoms with van der Waals surface area (Å²) in [6.45, 7) is 1.55. The van der Waals surface area contributed by atoms with Crippen molar-refractivity contribution in [3.63, 3.8) is 0 Å². The van der Waals surface area contributed by atoms with Crippen LogP contribution in [0.4, 0.5) is 4.39 Å². The first-order valence-corrected chi connectivity index (χ1v) is 5.71. The monoisotopic (exact) mass is 244 g/mol.